The largest absolute Gasteiger partial charge is 0.508 e. The number of halogens is 2. The quantitative estimate of drug-likeness (QED) is 0.679. The predicted molar refractivity (Wildman–Crippen MR) is 112 cm³/mol. The van der Waals surface area contributed by atoms with Gasteiger partial charge in [-0.1, -0.05) is 30.3 Å². The molecule has 1 aromatic heterocycles. The first-order valence-electron chi connectivity index (χ1n) is 8.14. The summed E-state index contributed by atoms with van der Waals surface area (Å²) in [5.41, 5.74) is 8.07. The molecule has 0 bridgehead atoms. The van der Waals surface area contributed by atoms with E-state index in [1.165, 1.54) is 0 Å². The summed E-state index contributed by atoms with van der Waals surface area (Å²) >= 11 is 0. The van der Waals surface area contributed by atoms with Gasteiger partial charge in [0.1, 0.15) is 5.75 Å². The summed E-state index contributed by atoms with van der Waals surface area (Å²) in [6.07, 6.45) is 4.00. The van der Waals surface area contributed by atoms with E-state index in [2.05, 4.69) is 4.98 Å². The number of fused-ring (bicyclic) bond motifs is 1. The maximum absolute atomic E-state index is 12.6. The number of carbonyl (C=O) groups excluding carboxylic acids is 1. The molecule has 0 aliphatic carbocycles. The number of rotatable bonds is 5. The molecule has 0 saturated carbocycles. The molecular weight excluding hydrogens is 385 g/mol. The molecule has 2 aromatic carbocycles. The van der Waals surface area contributed by atoms with Crippen LogP contribution < -0.4 is 5.73 Å². The fraction of sp³-hybridized carbons (Fsp3) is 0.200. The van der Waals surface area contributed by atoms with Gasteiger partial charge in [0.15, 0.2) is 0 Å². The van der Waals surface area contributed by atoms with E-state index >= 15 is 0 Å². The number of nitrogens with two attached hydrogens (primary N) is 1. The molecule has 0 saturated heterocycles. The number of hydrogen-bond acceptors (Lipinski definition) is 4. The van der Waals surface area contributed by atoms with Crippen molar-refractivity contribution in [2.75, 3.05) is 7.05 Å². The van der Waals surface area contributed by atoms with Gasteiger partial charge in [-0.25, -0.2) is 0 Å². The standard InChI is InChI=1S/C20H21N3O2.2ClH/c1-23(13-16-4-2-3-15-12-22-10-9-18(15)16)20(25)19(21)11-14-5-7-17(24)8-6-14;;/h2-10,12,19,24H,11,13,21H2,1H3;2*1H/t19-;;/m1../s1. The first-order valence-corrected chi connectivity index (χ1v) is 8.14. The zero-order valence-corrected chi connectivity index (χ0v) is 16.5. The molecule has 3 N–H and O–H groups in total. The normalized spacial score (nSPS) is 11.2. The molecule has 0 fully saturated rings. The Morgan fingerprint density at radius 3 is 2.56 bits per heavy atom. The van der Waals surface area contributed by atoms with Crippen LogP contribution in [0, 0.1) is 0 Å². The Bertz CT molecular complexity index is 883. The van der Waals surface area contributed by atoms with Crippen LogP contribution in [0.25, 0.3) is 10.8 Å². The average molecular weight is 408 g/mol. The minimum Gasteiger partial charge on any atom is -0.508 e. The van der Waals surface area contributed by atoms with Crippen LogP contribution in [0.15, 0.2) is 60.9 Å². The highest BCUT2D eigenvalue weighted by Gasteiger charge is 2.19. The molecule has 3 rings (SSSR count). The van der Waals surface area contributed by atoms with Gasteiger partial charge in [0.25, 0.3) is 0 Å². The van der Waals surface area contributed by atoms with E-state index in [1.54, 1.807) is 42.4 Å². The molecule has 144 valence electrons. The SMILES string of the molecule is CN(Cc1cccc2cnccc12)C(=O)[C@H](N)Cc1ccc(O)cc1.Cl.Cl. The molecule has 0 radical (unpaired) electrons. The van der Waals surface area contributed by atoms with Crippen LogP contribution in [0.2, 0.25) is 0 Å². The molecule has 5 nitrogen and oxygen atoms in total. The summed E-state index contributed by atoms with van der Waals surface area (Å²) in [5.74, 6) is 0.0883. The van der Waals surface area contributed by atoms with E-state index in [0.717, 1.165) is 21.9 Å². The van der Waals surface area contributed by atoms with Crippen molar-refractivity contribution in [2.45, 2.75) is 19.0 Å². The lowest BCUT2D eigenvalue weighted by Gasteiger charge is -2.22. The Labute approximate surface area is 171 Å². The topological polar surface area (TPSA) is 79.5 Å². The van der Waals surface area contributed by atoms with Gasteiger partial charge in [0.2, 0.25) is 5.91 Å². The van der Waals surface area contributed by atoms with Crippen LogP contribution in [-0.2, 0) is 17.8 Å². The van der Waals surface area contributed by atoms with Crippen molar-refractivity contribution in [3.63, 3.8) is 0 Å². The van der Waals surface area contributed by atoms with Gasteiger partial charge in [0, 0.05) is 31.4 Å². The Hall–Kier alpha value is -2.34. The van der Waals surface area contributed by atoms with Crippen molar-refractivity contribution in [1.82, 2.24) is 9.88 Å². The Balaban J connectivity index is 0.00000182. The molecule has 1 atom stereocenters. The Kier molecular flexibility index (Phi) is 8.50. The van der Waals surface area contributed by atoms with E-state index in [4.69, 9.17) is 5.73 Å². The third-order valence-electron chi connectivity index (χ3n) is 4.26. The number of phenols is 1. The van der Waals surface area contributed by atoms with Gasteiger partial charge in [-0.15, -0.1) is 24.8 Å². The van der Waals surface area contributed by atoms with Gasteiger partial charge >= 0.3 is 0 Å². The van der Waals surface area contributed by atoms with Crippen molar-refractivity contribution >= 4 is 41.5 Å². The second-order valence-electron chi connectivity index (χ2n) is 6.19. The van der Waals surface area contributed by atoms with E-state index in [-0.39, 0.29) is 36.5 Å². The van der Waals surface area contributed by atoms with Crippen LogP contribution in [0.1, 0.15) is 11.1 Å². The molecule has 0 aliphatic rings. The summed E-state index contributed by atoms with van der Waals surface area (Å²) in [7, 11) is 1.76. The fourth-order valence-electron chi connectivity index (χ4n) is 2.92. The molecule has 1 amide bonds. The van der Waals surface area contributed by atoms with Crippen LogP contribution >= 0.6 is 24.8 Å². The number of benzene rings is 2. The van der Waals surface area contributed by atoms with Crippen molar-refractivity contribution < 1.29 is 9.90 Å². The maximum atomic E-state index is 12.6. The first kappa shape index (κ1) is 22.7. The molecule has 0 spiro atoms. The summed E-state index contributed by atoms with van der Waals surface area (Å²) in [4.78, 5) is 18.4. The molecule has 0 unspecified atom stereocenters. The molecule has 0 aliphatic heterocycles. The number of amides is 1. The molecule has 1 heterocycles. The van der Waals surface area contributed by atoms with Crippen LogP contribution in [0.4, 0.5) is 0 Å². The second kappa shape index (κ2) is 10.1. The van der Waals surface area contributed by atoms with E-state index in [1.807, 2.05) is 30.5 Å². The minimum atomic E-state index is -0.619. The van der Waals surface area contributed by atoms with Gasteiger partial charge in [-0.2, -0.15) is 0 Å². The highest BCUT2D eigenvalue weighted by atomic mass is 35.5. The van der Waals surface area contributed by atoms with Crippen LogP contribution in [0.3, 0.4) is 0 Å². The van der Waals surface area contributed by atoms with Gasteiger partial charge in [0.05, 0.1) is 6.04 Å². The first-order chi connectivity index (χ1) is 12.0. The predicted octanol–water partition coefficient (Wildman–Crippen LogP) is 3.31. The monoisotopic (exact) mass is 407 g/mol. The van der Waals surface area contributed by atoms with Crippen molar-refractivity contribution in [1.29, 1.82) is 0 Å². The Morgan fingerprint density at radius 1 is 1.15 bits per heavy atom. The van der Waals surface area contributed by atoms with Crippen molar-refractivity contribution in [2.24, 2.45) is 5.73 Å². The smallest absolute Gasteiger partial charge is 0.239 e. The van der Waals surface area contributed by atoms with E-state index < -0.39 is 6.04 Å². The third kappa shape index (κ3) is 5.57. The summed E-state index contributed by atoms with van der Waals surface area (Å²) in [6.45, 7) is 0.490. The second-order valence-corrected chi connectivity index (χ2v) is 6.19. The highest BCUT2D eigenvalue weighted by molar-refractivity contribution is 5.86. The number of hydrogen-bond donors (Lipinski definition) is 2. The fourth-order valence-corrected chi connectivity index (χ4v) is 2.92. The maximum Gasteiger partial charge on any atom is 0.239 e. The van der Waals surface area contributed by atoms with Crippen LogP contribution in [0.5, 0.6) is 5.75 Å². The lowest BCUT2D eigenvalue weighted by atomic mass is 10.0. The number of aromatic hydroxyl groups is 1. The number of carbonyl (C=O) groups is 1. The van der Waals surface area contributed by atoms with Crippen LogP contribution in [-0.4, -0.2) is 34.0 Å². The minimum absolute atomic E-state index is 0. The average Bonchev–Trinajstić information content (AvgIpc) is 2.63. The number of aromatic nitrogens is 1. The summed E-state index contributed by atoms with van der Waals surface area (Å²) in [6, 6.07) is 14.1. The zero-order valence-electron chi connectivity index (χ0n) is 14.9. The van der Waals surface area contributed by atoms with E-state index in [9.17, 15) is 9.90 Å². The summed E-state index contributed by atoms with van der Waals surface area (Å²) in [5, 5.41) is 11.5. The lowest BCUT2D eigenvalue weighted by Crippen LogP contribution is -2.42. The Morgan fingerprint density at radius 2 is 1.85 bits per heavy atom. The van der Waals surface area contributed by atoms with Crippen molar-refractivity contribution in [3.8, 4) is 5.75 Å². The zero-order chi connectivity index (χ0) is 17.8. The van der Waals surface area contributed by atoms with Gasteiger partial charge < -0.3 is 15.7 Å². The number of likely N-dealkylation sites (N-methyl/N-ethyl adjacent to an activating group) is 1. The number of phenolic OH excluding ortho intramolecular Hbond substituents is 1. The number of nitrogens with zero attached hydrogens (tertiary/aromatic N) is 2. The van der Waals surface area contributed by atoms with Gasteiger partial charge in [-0.3, -0.25) is 9.78 Å². The molecular formula is C20H23Cl2N3O2. The van der Waals surface area contributed by atoms with E-state index in [0.29, 0.717) is 13.0 Å². The number of pyridine rings is 1. The van der Waals surface area contributed by atoms with Crippen molar-refractivity contribution in [3.05, 3.63) is 72.1 Å². The third-order valence-corrected chi connectivity index (χ3v) is 4.26. The lowest BCUT2D eigenvalue weighted by molar-refractivity contribution is -0.131. The highest BCUT2D eigenvalue weighted by Crippen LogP contribution is 2.19. The molecule has 27 heavy (non-hydrogen) atoms. The molecule has 7 heteroatoms. The van der Waals surface area contributed by atoms with Gasteiger partial charge in [-0.05, 0) is 41.1 Å². The molecule has 3 aromatic rings. The summed E-state index contributed by atoms with van der Waals surface area (Å²) < 4.78 is 0.